The Morgan fingerprint density at radius 3 is 2.58 bits per heavy atom. The highest BCUT2D eigenvalue weighted by Gasteiger charge is 2.26. The van der Waals surface area contributed by atoms with Crippen LogP contribution in [0, 0.1) is 6.92 Å². The van der Waals surface area contributed by atoms with Crippen molar-refractivity contribution in [3.63, 3.8) is 0 Å². The van der Waals surface area contributed by atoms with Crippen LogP contribution in [0.5, 0.6) is 5.75 Å². The molecule has 11 heteroatoms. The van der Waals surface area contributed by atoms with E-state index in [4.69, 9.17) is 9.47 Å². The number of benzene rings is 1. The quantitative estimate of drug-likeness (QED) is 0.561. The SMILES string of the molecule is CCOC(=O)N1CCN(C(=O)Cn2nc(-c3cccc(OC)c3)c3sc(C)nc3c2=O)CC1. The van der Waals surface area contributed by atoms with Crippen LogP contribution >= 0.6 is 11.3 Å². The lowest BCUT2D eigenvalue weighted by molar-refractivity contribution is -0.133. The summed E-state index contributed by atoms with van der Waals surface area (Å²) < 4.78 is 12.2. The molecule has 0 unspecified atom stereocenters. The number of hydrogen-bond acceptors (Lipinski definition) is 8. The van der Waals surface area contributed by atoms with E-state index in [0.717, 1.165) is 10.6 Å². The highest BCUT2D eigenvalue weighted by Crippen LogP contribution is 2.31. The summed E-state index contributed by atoms with van der Waals surface area (Å²) >= 11 is 1.39. The maximum Gasteiger partial charge on any atom is 0.409 e. The van der Waals surface area contributed by atoms with Crippen molar-refractivity contribution in [2.45, 2.75) is 20.4 Å². The van der Waals surface area contributed by atoms with E-state index in [2.05, 4.69) is 10.1 Å². The fraction of sp³-hybridized carbons (Fsp3) is 0.409. The van der Waals surface area contributed by atoms with E-state index in [9.17, 15) is 14.4 Å². The summed E-state index contributed by atoms with van der Waals surface area (Å²) in [7, 11) is 1.58. The molecule has 3 heterocycles. The lowest BCUT2D eigenvalue weighted by Crippen LogP contribution is -2.51. The lowest BCUT2D eigenvalue weighted by atomic mass is 10.1. The Balaban J connectivity index is 1.61. The van der Waals surface area contributed by atoms with E-state index in [0.29, 0.717) is 54.4 Å². The molecule has 1 saturated heterocycles. The zero-order chi connectivity index (χ0) is 23.5. The largest absolute Gasteiger partial charge is 0.497 e. The van der Waals surface area contributed by atoms with Gasteiger partial charge in [-0.1, -0.05) is 12.1 Å². The molecule has 3 aromatic rings. The van der Waals surface area contributed by atoms with Crippen LogP contribution in [-0.4, -0.2) is 76.5 Å². The van der Waals surface area contributed by atoms with Crippen molar-refractivity contribution in [3.05, 3.63) is 39.6 Å². The predicted octanol–water partition coefficient (Wildman–Crippen LogP) is 2.14. The molecule has 2 amide bonds. The average molecular weight is 472 g/mol. The Morgan fingerprint density at radius 2 is 1.88 bits per heavy atom. The monoisotopic (exact) mass is 471 g/mol. The molecule has 33 heavy (non-hydrogen) atoms. The van der Waals surface area contributed by atoms with Crippen molar-refractivity contribution >= 4 is 33.6 Å². The molecule has 4 rings (SSSR count). The van der Waals surface area contributed by atoms with Crippen molar-refractivity contribution < 1.29 is 19.1 Å². The minimum Gasteiger partial charge on any atom is -0.497 e. The number of piperazine rings is 1. The van der Waals surface area contributed by atoms with Gasteiger partial charge in [-0.2, -0.15) is 5.10 Å². The first-order valence-electron chi connectivity index (χ1n) is 10.6. The first-order chi connectivity index (χ1) is 15.9. The van der Waals surface area contributed by atoms with Crippen LogP contribution in [0.4, 0.5) is 4.79 Å². The normalized spacial score (nSPS) is 13.9. The molecule has 0 N–H and O–H groups in total. The van der Waals surface area contributed by atoms with Gasteiger partial charge in [0.15, 0.2) is 5.52 Å². The second-order valence-corrected chi connectivity index (χ2v) is 8.72. The van der Waals surface area contributed by atoms with Gasteiger partial charge in [0.05, 0.1) is 23.4 Å². The van der Waals surface area contributed by atoms with E-state index in [1.54, 1.807) is 23.8 Å². The molecule has 2 aromatic heterocycles. The molecule has 1 aliphatic rings. The molecule has 1 aliphatic heterocycles. The third kappa shape index (κ3) is 4.68. The number of hydrogen-bond donors (Lipinski definition) is 0. The molecular formula is C22H25N5O5S. The number of amides is 2. The summed E-state index contributed by atoms with van der Waals surface area (Å²) in [5.41, 5.74) is 1.24. The molecule has 1 aromatic carbocycles. The summed E-state index contributed by atoms with van der Waals surface area (Å²) in [6.07, 6.45) is -0.380. The third-order valence-electron chi connectivity index (χ3n) is 5.39. The van der Waals surface area contributed by atoms with E-state index >= 15 is 0 Å². The summed E-state index contributed by atoms with van der Waals surface area (Å²) in [6, 6.07) is 7.39. The van der Waals surface area contributed by atoms with E-state index in [1.165, 1.54) is 16.0 Å². The number of carbonyl (C=O) groups is 2. The van der Waals surface area contributed by atoms with Crippen LogP contribution in [-0.2, 0) is 16.1 Å². The highest BCUT2D eigenvalue weighted by atomic mass is 32.1. The smallest absolute Gasteiger partial charge is 0.409 e. The minimum atomic E-state index is -0.403. The van der Waals surface area contributed by atoms with Crippen LogP contribution in [0.15, 0.2) is 29.1 Å². The molecule has 0 saturated carbocycles. The second-order valence-electron chi connectivity index (χ2n) is 7.52. The van der Waals surface area contributed by atoms with Crippen molar-refractivity contribution in [2.24, 2.45) is 0 Å². The molecular weight excluding hydrogens is 446 g/mol. The van der Waals surface area contributed by atoms with Gasteiger partial charge in [0, 0.05) is 31.7 Å². The van der Waals surface area contributed by atoms with Crippen LogP contribution in [0.25, 0.3) is 21.5 Å². The van der Waals surface area contributed by atoms with Gasteiger partial charge < -0.3 is 19.3 Å². The summed E-state index contributed by atoms with van der Waals surface area (Å²) in [4.78, 5) is 45.5. The van der Waals surface area contributed by atoms with Gasteiger partial charge in [0.2, 0.25) is 5.91 Å². The molecule has 0 spiro atoms. The van der Waals surface area contributed by atoms with Gasteiger partial charge in [-0.05, 0) is 26.0 Å². The Hall–Kier alpha value is -3.47. The van der Waals surface area contributed by atoms with E-state index in [1.807, 2.05) is 31.2 Å². The van der Waals surface area contributed by atoms with E-state index < -0.39 is 5.56 Å². The Labute approximate surface area is 194 Å². The molecule has 0 bridgehead atoms. The van der Waals surface area contributed by atoms with Crippen LogP contribution in [0.3, 0.4) is 0 Å². The first-order valence-corrected chi connectivity index (χ1v) is 11.4. The van der Waals surface area contributed by atoms with Gasteiger partial charge in [-0.15, -0.1) is 11.3 Å². The lowest BCUT2D eigenvalue weighted by Gasteiger charge is -2.34. The number of thiazole rings is 1. The predicted molar refractivity (Wildman–Crippen MR) is 124 cm³/mol. The van der Waals surface area contributed by atoms with Crippen LogP contribution < -0.4 is 10.3 Å². The Kier molecular flexibility index (Phi) is 6.59. The number of nitrogens with zero attached hydrogens (tertiary/aromatic N) is 5. The number of fused-ring (bicyclic) bond motifs is 1. The number of carbonyl (C=O) groups excluding carboxylic acids is 2. The molecule has 0 radical (unpaired) electrons. The second kappa shape index (κ2) is 9.57. The van der Waals surface area contributed by atoms with Crippen LogP contribution in [0.1, 0.15) is 11.9 Å². The summed E-state index contributed by atoms with van der Waals surface area (Å²) in [6.45, 7) is 5.18. The molecule has 0 atom stereocenters. The Morgan fingerprint density at radius 1 is 1.15 bits per heavy atom. The fourth-order valence-corrected chi connectivity index (χ4v) is 4.63. The minimum absolute atomic E-state index is 0.207. The number of methoxy groups -OCH3 is 1. The molecule has 1 fully saturated rings. The van der Waals surface area contributed by atoms with Gasteiger partial charge in [-0.3, -0.25) is 9.59 Å². The van der Waals surface area contributed by atoms with Crippen molar-refractivity contribution in [3.8, 4) is 17.0 Å². The molecule has 0 aliphatic carbocycles. The zero-order valence-corrected chi connectivity index (χ0v) is 19.6. The zero-order valence-electron chi connectivity index (χ0n) is 18.7. The summed E-state index contributed by atoms with van der Waals surface area (Å²) in [5.74, 6) is 0.424. The molecule has 174 valence electrons. The number of ether oxygens (including phenoxy) is 2. The first kappa shape index (κ1) is 22.7. The van der Waals surface area contributed by atoms with Crippen molar-refractivity contribution in [1.82, 2.24) is 24.6 Å². The number of rotatable bonds is 5. The maximum absolute atomic E-state index is 13.1. The fourth-order valence-electron chi connectivity index (χ4n) is 3.71. The van der Waals surface area contributed by atoms with Gasteiger partial charge in [-0.25, -0.2) is 14.5 Å². The topological polar surface area (TPSA) is 107 Å². The third-order valence-corrected chi connectivity index (χ3v) is 6.37. The van der Waals surface area contributed by atoms with Crippen LogP contribution in [0.2, 0.25) is 0 Å². The average Bonchev–Trinajstić information content (AvgIpc) is 3.23. The standard InChI is InChI=1S/C22H25N5O5S/c1-4-32-22(30)26-10-8-25(9-11-26)17(28)13-27-21(29)19-20(33-14(2)23-19)18(24-27)15-6-5-7-16(12-15)31-3/h5-7,12H,4,8-11,13H2,1-3H3. The van der Waals surface area contributed by atoms with Gasteiger partial charge in [0.1, 0.15) is 18.0 Å². The van der Waals surface area contributed by atoms with Gasteiger partial charge in [0.25, 0.3) is 5.56 Å². The number of aromatic nitrogens is 3. The highest BCUT2D eigenvalue weighted by molar-refractivity contribution is 7.19. The van der Waals surface area contributed by atoms with Gasteiger partial charge >= 0.3 is 6.09 Å². The van der Waals surface area contributed by atoms with E-state index in [-0.39, 0.29) is 18.5 Å². The van der Waals surface area contributed by atoms with Crippen molar-refractivity contribution in [2.75, 3.05) is 39.9 Å². The van der Waals surface area contributed by atoms with Crippen molar-refractivity contribution in [1.29, 1.82) is 0 Å². The maximum atomic E-state index is 13.1. The Bertz CT molecular complexity index is 1250. The molecule has 10 nitrogen and oxygen atoms in total. The number of aryl methyl sites for hydroxylation is 1. The summed E-state index contributed by atoms with van der Waals surface area (Å²) in [5, 5.41) is 5.29.